The van der Waals surface area contributed by atoms with Crippen molar-refractivity contribution in [2.45, 2.75) is 64.3 Å². The molecule has 0 bridgehead atoms. The standard InChI is InChI=1S/C14H30N2O2S2/c1-6-12(4)16(5)14(7-2,19-20-18)13(17)11(3)9-8-10-15/h11-12,18H,6-10,15H2,1-5H3/t11?,12?,14-/m0/s1. The molecule has 0 saturated heterocycles. The number of carbonyl (C=O) groups is 1. The van der Waals surface area contributed by atoms with Crippen LogP contribution >= 0.6 is 21.9 Å². The Morgan fingerprint density at radius 2 is 2.00 bits per heavy atom. The molecule has 2 unspecified atom stereocenters. The summed E-state index contributed by atoms with van der Waals surface area (Å²) in [6.07, 6.45) is 3.32. The largest absolute Gasteiger partial charge is 0.330 e. The minimum atomic E-state index is -0.664. The second-order valence-corrected chi connectivity index (χ2v) is 7.30. The van der Waals surface area contributed by atoms with Gasteiger partial charge in [0, 0.05) is 12.0 Å². The summed E-state index contributed by atoms with van der Waals surface area (Å²) in [6, 6.07) is 0.292. The molecule has 0 aromatic carbocycles. The van der Waals surface area contributed by atoms with Crippen LogP contribution in [0.5, 0.6) is 0 Å². The summed E-state index contributed by atoms with van der Waals surface area (Å²) < 4.78 is 9.32. The van der Waals surface area contributed by atoms with Gasteiger partial charge in [-0.25, -0.2) is 0 Å². The van der Waals surface area contributed by atoms with E-state index in [0.717, 1.165) is 19.3 Å². The summed E-state index contributed by atoms with van der Waals surface area (Å²) in [5.41, 5.74) is 5.54. The molecule has 0 saturated carbocycles. The Balaban J connectivity index is 5.24. The Morgan fingerprint density at radius 1 is 1.40 bits per heavy atom. The molecule has 0 fully saturated rings. The predicted octanol–water partition coefficient (Wildman–Crippen LogP) is 3.62. The monoisotopic (exact) mass is 322 g/mol. The number of rotatable bonds is 11. The van der Waals surface area contributed by atoms with E-state index in [4.69, 9.17) is 5.73 Å². The summed E-state index contributed by atoms with van der Waals surface area (Å²) in [7, 11) is 3.24. The van der Waals surface area contributed by atoms with Crippen molar-refractivity contribution < 1.29 is 9.35 Å². The molecule has 0 radical (unpaired) electrons. The molecule has 3 atom stereocenters. The van der Waals surface area contributed by atoms with Gasteiger partial charge in [0.1, 0.15) is 4.87 Å². The van der Waals surface area contributed by atoms with E-state index in [1.165, 1.54) is 10.8 Å². The van der Waals surface area contributed by atoms with Crippen LogP contribution in [0.15, 0.2) is 0 Å². The Kier molecular flexibility index (Phi) is 10.2. The molecule has 3 N–H and O–H groups in total. The van der Waals surface area contributed by atoms with Crippen LogP contribution in [-0.2, 0) is 4.79 Å². The van der Waals surface area contributed by atoms with E-state index in [1.807, 2.05) is 20.9 Å². The second kappa shape index (κ2) is 10.1. The fourth-order valence-electron chi connectivity index (χ4n) is 2.39. The van der Waals surface area contributed by atoms with E-state index in [9.17, 15) is 9.35 Å². The zero-order valence-electron chi connectivity index (χ0n) is 13.4. The molecular weight excluding hydrogens is 292 g/mol. The number of nitrogens with two attached hydrogens (primary N) is 1. The number of hydrogen-bond donors (Lipinski definition) is 2. The molecule has 120 valence electrons. The molecule has 0 aliphatic heterocycles. The zero-order chi connectivity index (χ0) is 15.8. The van der Waals surface area contributed by atoms with Crippen molar-refractivity contribution in [3.8, 4) is 0 Å². The van der Waals surface area contributed by atoms with Crippen LogP contribution in [0.1, 0.15) is 53.4 Å². The fourth-order valence-corrected chi connectivity index (χ4v) is 4.53. The van der Waals surface area contributed by atoms with Gasteiger partial charge in [-0.1, -0.05) is 20.8 Å². The van der Waals surface area contributed by atoms with Crippen LogP contribution in [0.4, 0.5) is 0 Å². The van der Waals surface area contributed by atoms with Gasteiger partial charge in [0.25, 0.3) is 0 Å². The van der Waals surface area contributed by atoms with Crippen LogP contribution in [0.3, 0.4) is 0 Å². The SMILES string of the molecule is CCC(C)N(C)[C@@](CC)(SSO)C(=O)C(C)CCCN. The highest BCUT2D eigenvalue weighted by atomic mass is 33.1. The van der Waals surface area contributed by atoms with Gasteiger partial charge in [0.05, 0.1) is 11.1 Å². The Hall–Kier alpha value is 0.250. The highest BCUT2D eigenvalue weighted by Gasteiger charge is 2.44. The Morgan fingerprint density at radius 3 is 2.40 bits per heavy atom. The molecule has 0 heterocycles. The van der Waals surface area contributed by atoms with Gasteiger partial charge in [-0.15, -0.1) is 0 Å². The van der Waals surface area contributed by atoms with E-state index in [2.05, 4.69) is 18.7 Å². The van der Waals surface area contributed by atoms with Crippen LogP contribution < -0.4 is 5.73 Å². The van der Waals surface area contributed by atoms with Gasteiger partial charge in [-0.2, -0.15) is 0 Å². The maximum absolute atomic E-state index is 12.9. The first kappa shape index (κ1) is 20.2. The van der Waals surface area contributed by atoms with Crippen LogP contribution in [0, 0.1) is 5.92 Å². The highest BCUT2D eigenvalue weighted by molar-refractivity contribution is 8.75. The Bertz CT molecular complexity index is 292. The zero-order valence-corrected chi connectivity index (χ0v) is 15.0. The normalized spacial score (nSPS) is 17.8. The van der Waals surface area contributed by atoms with Gasteiger partial charge in [0.2, 0.25) is 0 Å². The molecule has 0 spiro atoms. The summed E-state index contributed by atoms with van der Waals surface area (Å²) >= 11 is 0.688. The average Bonchev–Trinajstić information content (AvgIpc) is 2.47. The number of Topliss-reactive ketones (excluding diaryl/α,β-unsaturated/α-hetero) is 1. The quantitative estimate of drug-likeness (QED) is 0.344. The van der Waals surface area contributed by atoms with Crippen LogP contribution in [0.2, 0.25) is 0 Å². The van der Waals surface area contributed by atoms with E-state index < -0.39 is 4.87 Å². The van der Waals surface area contributed by atoms with E-state index in [-0.39, 0.29) is 11.7 Å². The number of likely N-dealkylation sites (N-methyl/N-ethyl adjacent to an activating group) is 1. The number of nitrogens with zero attached hydrogens (tertiary/aromatic N) is 1. The summed E-state index contributed by atoms with van der Waals surface area (Å²) in [5.74, 6) is 0.160. The number of ketones is 1. The molecule has 0 aliphatic carbocycles. The predicted molar refractivity (Wildman–Crippen MR) is 90.8 cm³/mol. The fraction of sp³-hybridized carbons (Fsp3) is 0.929. The first-order valence-electron chi connectivity index (χ1n) is 7.37. The minimum Gasteiger partial charge on any atom is -0.330 e. The maximum atomic E-state index is 12.9. The van der Waals surface area contributed by atoms with Crippen LogP contribution in [-0.4, -0.2) is 39.7 Å². The van der Waals surface area contributed by atoms with Crippen molar-refractivity contribution in [3.63, 3.8) is 0 Å². The third-order valence-corrected chi connectivity index (χ3v) is 6.33. The van der Waals surface area contributed by atoms with Gasteiger partial charge >= 0.3 is 0 Å². The molecule has 0 aromatic heterocycles. The number of hydrogen-bond acceptors (Lipinski definition) is 6. The summed E-state index contributed by atoms with van der Waals surface area (Å²) in [4.78, 5) is 14.4. The van der Waals surface area contributed by atoms with Crippen molar-refractivity contribution in [1.29, 1.82) is 0 Å². The van der Waals surface area contributed by atoms with E-state index >= 15 is 0 Å². The lowest BCUT2D eigenvalue weighted by atomic mass is 9.91. The van der Waals surface area contributed by atoms with Crippen LogP contribution in [0.25, 0.3) is 0 Å². The van der Waals surface area contributed by atoms with Crippen molar-refractivity contribution in [1.82, 2.24) is 4.90 Å². The average molecular weight is 323 g/mol. The third-order valence-electron chi connectivity index (χ3n) is 4.15. The highest BCUT2D eigenvalue weighted by Crippen LogP contribution is 2.43. The van der Waals surface area contributed by atoms with E-state index in [1.54, 1.807) is 0 Å². The first-order valence-corrected chi connectivity index (χ1v) is 9.48. The van der Waals surface area contributed by atoms with Gasteiger partial charge in [0.15, 0.2) is 5.78 Å². The lowest BCUT2D eigenvalue weighted by Crippen LogP contribution is -2.54. The third kappa shape index (κ3) is 4.91. The topological polar surface area (TPSA) is 66.6 Å². The van der Waals surface area contributed by atoms with E-state index in [0.29, 0.717) is 30.1 Å². The van der Waals surface area contributed by atoms with Crippen molar-refractivity contribution in [2.24, 2.45) is 11.7 Å². The molecule has 20 heavy (non-hydrogen) atoms. The first-order chi connectivity index (χ1) is 9.41. The molecule has 0 aromatic rings. The molecule has 0 rings (SSSR count). The molecule has 6 heteroatoms. The molecular formula is C14H30N2O2S2. The smallest absolute Gasteiger partial charge is 0.167 e. The van der Waals surface area contributed by atoms with Gasteiger partial charge in [-0.05, 0) is 57.0 Å². The minimum absolute atomic E-state index is 0.0374. The lowest BCUT2D eigenvalue weighted by molar-refractivity contribution is -0.130. The van der Waals surface area contributed by atoms with Crippen molar-refractivity contribution in [3.05, 3.63) is 0 Å². The van der Waals surface area contributed by atoms with Crippen molar-refractivity contribution >= 4 is 27.7 Å². The van der Waals surface area contributed by atoms with Gasteiger partial charge < -0.3 is 10.3 Å². The molecule has 0 aliphatic rings. The molecule has 4 nitrogen and oxygen atoms in total. The summed E-state index contributed by atoms with van der Waals surface area (Å²) in [6.45, 7) is 8.82. The molecule has 0 amide bonds. The lowest BCUT2D eigenvalue weighted by Gasteiger charge is -2.42. The number of carbonyl (C=O) groups excluding carboxylic acids is 1. The Labute approximate surface area is 131 Å². The summed E-state index contributed by atoms with van der Waals surface area (Å²) in [5, 5.41) is 0. The van der Waals surface area contributed by atoms with Gasteiger partial charge in [-0.3, -0.25) is 9.69 Å². The van der Waals surface area contributed by atoms with Crippen molar-refractivity contribution in [2.75, 3.05) is 13.6 Å². The second-order valence-electron chi connectivity index (χ2n) is 5.36. The maximum Gasteiger partial charge on any atom is 0.167 e.